The Morgan fingerprint density at radius 3 is 1.75 bits per heavy atom. The van der Waals surface area contributed by atoms with Crippen LogP contribution in [0.4, 0.5) is 3.89 Å². The Labute approximate surface area is 104 Å². The Kier molecular flexibility index (Phi) is 3.63. The summed E-state index contributed by atoms with van der Waals surface area (Å²) >= 11 is 1.99. The molecule has 0 N–H and O–H groups in total. The van der Waals surface area contributed by atoms with Crippen molar-refractivity contribution in [3.63, 3.8) is 0 Å². The van der Waals surface area contributed by atoms with Crippen LogP contribution in [0.2, 0.25) is 9.63 Å². The summed E-state index contributed by atoms with van der Waals surface area (Å²) < 4.78 is 9.31. The molecule has 4 rings (SSSR count). The first-order valence-electron chi connectivity index (χ1n) is 4.85. The van der Waals surface area contributed by atoms with E-state index in [0.29, 0.717) is 36.4 Å². The van der Waals surface area contributed by atoms with E-state index in [1.807, 2.05) is 0 Å². The van der Waals surface area contributed by atoms with E-state index >= 15 is 0 Å². The molecule has 4 bridgehead atoms. The third-order valence-corrected chi connectivity index (χ3v) is 7.61. The van der Waals surface area contributed by atoms with E-state index in [2.05, 4.69) is 9.98 Å². The van der Waals surface area contributed by atoms with Crippen molar-refractivity contribution in [3.05, 3.63) is 0 Å². The van der Waals surface area contributed by atoms with Gasteiger partial charge in [0.15, 0.2) is 13.0 Å². The van der Waals surface area contributed by atoms with Crippen LogP contribution in [0.25, 0.3) is 0 Å². The fraction of sp³-hybridized carbons (Fsp3) is 0.778. The summed E-state index contributed by atoms with van der Waals surface area (Å²) in [5.74, 6) is 1.02. The van der Waals surface area contributed by atoms with E-state index in [1.54, 1.807) is 12.2 Å². The minimum atomic E-state index is 0.209. The summed E-state index contributed by atoms with van der Waals surface area (Å²) in [5, 5.41) is 0. The Morgan fingerprint density at radius 1 is 1.06 bits per heavy atom. The third kappa shape index (κ3) is 1.52. The van der Waals surface area contributed by atoms with Gasteiger partial charge in [-0.15, -0.1) is 0 Å². The van der Waals surface area contributed by atoms with Crippen LogP contribution in [0, 0.1) is 11.8 Å². The Morgan fingerprint density at radius 2 is 1.50 bits per heavy atom. The molecule has 2 aliphatic heterocycles. The maximum absolute atomic E-state index is 10.2. The number of nitrogens with zero attached hydrogens (tertiary/aromatic N) is 2. The van der Waals surface area contributed by atoms with E-state index in [-0.39, 0.29) is 12.1 Å². The normalized spacial score (nSPS) is 45.6. The van der Waals surface area contributed by atoms with Crippen molar-refractivity contribution in [1.82, 2.24) is 0 Å². The van der Waals surface area contributed by atoms with Crippen molar-refractivity contribution in [2.45, 2.75) is 28.1 Å². The zero-order chi connectivity index (χ0) is 11.7. The molecule has 0 spiro atoms. The molecule has 4 aliphatic rings. The molecule has 2 aliphatic carbocycles. The number of hydrogen-bond donors (Lipinski definition) is 0. The molecule has 0 aromatic carbocycles. The Bertz CT molecular complexity index is 332. The molecule has 4 nitrogen and oxygen atoms in total. The van der Waals surface area contributed by atoms with E-state index in [4.69, 9.17) is 0 Å². The van der Waals surface area contributed by atoms with E-state index < -0.39 is 0 Å². The van der Waals surface area contributed by atoms with Crippen molar-refractivity contribution in [2.75, 3.05) is 0 Å². The summed E-state index contributed by atoms with van der Waals surface area (Å²) in [6.45, 7) is 0. The number of isocyanates is 2. The molecule has 86 valence electrons. The van der Waals surface area contributed by atoms with Gasteiger partial charge in [0.2, 0.25) is 0 Å². The van der Waals surface area contributed by atoms with Crippen molar-refractivity contribution in [1.29, 1.82) is 0 Å². The van der Waals surface area contributed by atoms with Gasteiger partial charge in [-0.3, -0.25) is 0 Å². The predicted molar refractivity (Wildman–Crippen MR) is 59.9 cm³/mol. The van der Waals surface area contributed by atoms with Gasteiger partial charge in [-0.05, 0) is 0 Å². The van der Waals surface area contributed by atoms with Gasteiger partial charge in [0.1, 0.15) is 0 Å². The van der Waals surface area contributed by atoms with Gasteiger partial charge in [-0.2, -0.15) is 0 Å². The number of hydrogen-bond acceptors (Lipinski definition) is 4. The zero-order valence-electron chi connectivity index (χ0n) is 8.17. The molecule has 0 aromatic heterocycles. The second-order valence-corrected chi connectivity index (χ2v) is 6.91. The van der Waals surface area contributed by atoms with Gasteiger partial charge < -0.3 is 0 Å². The summed E-state index contributed by atoms with van der Waals surface area (Å²) in [7, 11) is 0. The molecular formula is C9H10FN2O2SSe+. The topological polar surface area (TPSA) is 58.9 Å². The zero-order valence-corrected chi connectivity index (χ0v) is 10.9. The van der Waals surface area contributed by atoms with Crippen LogP contribution in [-0.4, -0.2) is 39.2 Å². The van der Waals surface area contributed by atoms with Crippen molar-refractivity contribution in [3.8, 4) is 0 Å². The quantitative estimate of drug-likeness (QED) is 0.317. The van der Waals surface area contributed by atoms with Gasteiger partial charge in [0.05, 0.1) is 0 Å². The van der Waals surface area contributed by atoms with Crippen LogP contribution in [0.15, 0.2) is 9.98 Å². The summed E-state index contributed by atoms with van der Waals surface area (Å²) in [4.78, 5) is 29.3. The van der Waals surface area contributed by atoms with Gasteiger partial charge in [0, 0.05) is 3.89 Å². The summed E-state index contributed by atoms with van der Waals surface area (Å²) in [5.41, 5.74) is 0. The van der Waals surface area contributed by atoms with Crippen LogP contribution in [-0.2, 0) is 22.6 Å². The Hall–Kier alpha value is -0.441. The first-order chi connectivity index (χ1) is 7.86. The van der Waals surface area contributed by atoms with E-state index in [9.17, 15) is 13.5 Å². The molecule has 7 heteroatoms. The number of carbonyl (C=O) groups excluding carboxylic acids is 2. The molecule has 6 atom stereocenters. The van der Waals surface area contributed by atoms with Crippen LogP contribution >= 0.6 is 0 Å². The monoisotopic (exact) mass is 309 g/mol. The number of rotatable bonds is 2. The fourth-order valence-corrected chi connectivity index (χ4v) is 7.78. The molecule has 0 aromatic rings. The molecule has 2 saturated heterocycles. The molecule has 6 unspecified atom stereocenters. The average Bonchev–Trinajstić information content (AvgIpc) is 3.01. The molecule has 4 fully saturated rings. The van der Waals surface area contributed by atoms with Crippen LogP contribution in [0.1, 0.15) is 6.42 Å². The fourth-order valence-electron chi connectivity index (χ4n) is 3.25. The molecule has 0 amide bonds. The van der Waals surface area contributed by atoms with Gasteiger partial charge in [0.25, 0.3) is 0 Å². The Balaban J connectivity index is 0.000000457. The summed E-state index contributed by atoms with van der Waals surface area (Å²) in [6, 6.07) is 0.418. The maximum atomic E-state index is 10.2. The van der Waals surface area contributed by atoms with Crippen LogP contribution < -0.4 is 0 Å². The minimum absolute atomic E-state index is 0.209. The van der Waals surface area contributed by atoms with Crippen molar-refractivity contribution < 1.29 is 13.5 Å². The average molecular weight is 308 g/mol. The van der Waals surface area contributed by atoms with Crippen LogP contribution in [0.3, 0.4) is 0 Å². The molecule has 2 heterocycles. The first-order valence-corrected chi connectivity index (χ1v) is 7.20. The second-order valence-electron chi connectivity index (χ2n) is 4.05. The second kappa shape index (κ2) is 4.82. The molecule has 0 radical (unpaired) electrons. The standard InChI is InChI=1S/C9H8N2O2Se.FHS/c12-2-10-6-4-1-5-7(11-3-13)9(4)14-8(5)6;1-2/h4-9H,1H2;2H/p+1. The molecule has 2 saturated carbocycles. The van der Waals surface area contributed by atoms with Crippen molar-refractivity contribution >= 4 is 40.1 Å². The van der Waals surface area contributed by atoms with E-state index in [1.165, 1.54) is 13.0 Å². The SMILES string of the molecule is F[SH2+].O=C=NC1C2CC3C(N=C=O)C2[Se]C31. The number of aliphatic imine (C=N–C) groups is 2. The van der Waals surface area contributed by atoms with Crippen molar-refractivity contribution in [2.24, 2.45) is 21.8 Å². The van der Waals surface area contributed by atoms with Gasteiger partial charge >= 0.3 is 86.7 Å². The third-order valence-electron chi connectivity index (χ3n) is 3.66. The number of halogens is 1. The summed E-state index contributed by atoms with van der Waals surface area (Å²) in [6.07, 6.45) is 4.45. The predicted octanol–water partition coefficient (Wildman–Crippen LogP) is 0.222. The molecule has 16 heavy (non-hydrogen) atoms. The molecular weight excluding hydrogens is 298 g/mol. The first kappa shape index (κ1) is 12.0. The van der Waals surface area contributed by atoms with Gasteiger partial charge in [-0.25, -0.2) is 0 Å². The van der Waals surface area contributed by atoms with E-state index in [0.717, 1.165) is 6.42 Å². The van der Waals surface area contributed by atoms with Gasteiger partial charge in [-0.1, -0.05) is 0 Å². The van der Waals surface area contributed by atoms with Crippen LogP contribution in [0.5, 0.6) is 0 Å².